The lowest BCUT2D eigenvalue weighted by atomic mass is 10.1. The third kappa shape index (κ3) is 4.86. The number of nitrogens with zero attached hydrogens (tertiary/aromatic N) is 3. The Morgan fingerprint density at radius 1 is 1.15 bits per heavy atom. The van der Waals surface area contributed by atoms with E-state index in [1.54, 1.807) is 6.08 Å². The Morgan fingerprint density at radius 3 is 2.48 bits per heavy atom. The van der Waals surface area contributed by atoms with Gasteiger partial charge in [-0.15, -0.1) is 16.8 Å². The highest BCUT2D eigenvalue weighted by atomic mass is 32.2. The number of allylic oxidation sites excluding steroid dienone is 1. The molecule has 3 rings (SSSR count). The van der Waals surface area contributed by atoms with Gasteiger partial charge in [0.2, 0.25) is 5.91 Å². The van der Waals surface area contributed by atoms with E-state index in [1.165, 1.54) is 11.8 Å². The van der Waals surface area contributed by atoms with E-state index in [9.17, 15) is 4.79 Å². The highest BCUT2D eigenvalue weighted by molar-refractivity contribution is 7.99. The molecule has 1 unspecified atom stereocenters. The Kier molecular flexibility index (Phi) is 6.44. The summed E-state index contributed by atoms with van der Waals surface area (Å²) in [5.41, 5.74) is 2.07. The fourth-order valence-electron chi connectivity index (χ4n) is 2.73. The fourth-order valence-corrected chi connectivity index (χ4v) is 3.49. The zero-order chi connectivity index (χ0) is 19.1. The van der Waals surface area contributed by atoms with Crippen molar-refractivity contribution in [3.8, 4) is 11.4 Å². The number of hydrogen-bond donors (Lipinski definition) is 1. The number of rotatable bonds is 8. The molecule has 0 saturated carbocycles. The van der Waals surface area contributed by atoms with E-state index in [0.717, 1.165) is 17.0 Å². The van der Waals surface area contributed by atoms with Crippen molar-refractivity contribution in [2.45, 2.75) is 24.7 Å². The van der Waals surface area contributed by atoms with Gasteiger partial charge >= 0.3 is 0 Å². The molecule has 6 heteroatoms. The van der Waals surface area contributed by atoms with Crippen molar-refractivity contribution in [2.24, 2.45) is 0 Å². The number of carbonyl (C=O) groups is 1. The number of thioether (sulfide) groups is 1. The molecule has 1 atom stereocenters. The van der Waals surface area contributed by atoms with Crippen molar-refractivity contribution >= 4 is 17.7 Å². The number of amides is 1. The Balaban J connectivity index is 1.66. The van der Waals surface area contributed by atoms with Crippen LogP contribution in [0.1, 0.15) is 18.5 Å². The monoisotopic (exact) mass is 378 g/mol. The van der Waals surface area contributed by atoms with Crippen molar-refractivity contribution in [3.63, 3.8) is 0 Å². The van der Waals surface area contributed by atoms with Crippen LogP contribution >= 0.6 is 11.8 Å². The Bertz CT molecular complexity index is 893. The second-order valence-corrected chi connectivity index (χ2v) is 7.00. The normalized spacial score (nSPS) is 11.7. The minimum absolute atomic E-state index is 0.0363. The zero-order valence-corrected chi connectivity index (χ0v) is 16.0. The molecule has 2 aromatic carbocycles. The van der Waals surface area contributed by atoms with Gasteiger partial charge in [0.1, 0.15) is 0 Å². The molecule has 0 radical (unpaired) electrons. The average Bonchev–Trinajstić information content (AvgIpc) is 3.10. The first-order valence-corrected chi connectivity index (χ1v) is 9.74. The second-order valence-electron chi connectivity index (χ2n) is 6.06. The van der Waals surface area contributed by atoms with Gasteiger partial charge in [0.15, 0.2) is 11.0 Å². The summed E-state index contributed by atoms with van der Waals surface area (Å²) in [6, 6.07) is 19.8. The molecule has 0 aliphatic rings. The highest BCUT2D eigenvalue weighted by Gasteiger charge is 2.15. The molecular weight excluding hydrogens is 356 g/mol. The largest absolute Gasteiger partial charge is 0.349 e. The maximum atomic E-state index is 12.3. The van der Waals surface area contributed by atoms with Crippen LogP contribution in [0, 0.1) is 0 Å². The molecule has 0 aliphatic heterocycles. The maximum Gasteiger partial charge on any atom is 0.230 e. The molecule has 5 nitrogen and oxygen atoms in total. The van der Waals surface area contributed by atoms with Crippen molar-refractivity contribution in [2.75, 3.05) is 5.75 Å². The van der Waals surface area contributed by atoms with E-state index >= 15 is 0 Å². The summed E-state index contributed by atoms with van der Waals surface area (Å²) >= 11 is 1.38. The summed E-state index contributed by atoms with van der Waals surface area (Å²) in [6.07, 6.45) is 1.80. The van der Waals surface area contributed by atoms with Gasteiger partial charge in [-0.05, 0) is 12.5 Å². The lowest BCUT2D eigenvalue weighted by Gasteiger charge is -2.14. The van der Waals surface area contributed by atoms with E-state index < -0.39 is 0 Å². The highest BCUT2D eigenvalue weighted by Crippen LogP contribution is 2.24. The van der Waals surface area contributed by atoms with E-state index in [1.807, 2.05) is 72.2 Å². The Hall–Kier alpha value is -2.86. The van der Waals surface area contributed by atoms with E-state index in [0.29, 0.717) is 11.7 Å². The molecule has 0 saturated heterocycles. The van der Waals surface area contributed by atoms with E-state index in [4.69, 9.17) is 0 Å². The van der Waals surface area contributed by atoms with Gasteiger partial charge in [0, 0.05) is 12.1 Å². The lowest BCUT2D eigenvalue weighted by molar-refractivity contribution is -0.119. The molecule has 1 amide bonds. The molecular formula is C21H22N4OS. The van der Waals surface area contributed by atoms with Crippen LogP contribution in [0.5, 0.6) is 0 Å². The van der Waals surface area contributed by atoms with Crippen LogP contribution in [0.15, 0.2) is 78.5 Å². The van der Waals surface area contributed by atoms with Gasteiger partial charge in [-0.25, -0.2) is 0 Å². The van der Waals surface area contributed by atoms with Gasteiger partial charge in [0.25, 0.3) is 0 Å². The Labute approximate surface area is 163 Å². The molecule has 0 spiro atoms. The van der Waals surface area contributed by atoms with Gasteiger partial charge < -0.3 is 5.32 Å². The van der Waals surface area contributed by atoms with E-state index in [2.05, 4.69) is 22.1 Å². The van der Waals surface area contributed by atoms with Crippen molar-refractivity contribution in [3.05, 3.63) is 78.9 Å². The first-order chi connectivity index (χ1) is 13.2. The number of hydrogen-bond acceptors (Lipinski definition) is 4. The molecule has 138 valence electrons. The lowest BCUT2D eigenvalue weighted by Crippen LogP contribution is -2.28. The number of aromatic nitrogens is 3. The van der Waals surface area contributed by atoms with Crippen LogP contribution in [-0.4, -0.2) is 26.4 Å². The zero-order valence-electron chi connectivity index (χ0n) is 15.2. The van der Waals surface area contributed by atoms with Gasteiger partial charge in [0.05, 0.1) is 11.8 Å². The molecule has 1 aromatic heterocycles. The van der Waals surface area contributed by atoms with Crippen LogP contribution in [0.3, 0.4) is 0 Å². The van der Waals surface area contributed by atoms with Crippen molar-refractivity contribution < 1.29 is 4.79 Å². The summed E-state index contributed by atoms with van der Waals surface area (Å²) in [7, 11) is 0. The van der Waals surface area contributed by atoms with E-state index in [-0.39, 0.29) is 17.7 Å². The third-order valence-corrected chi connectivity index (χ3v) is 5.04. The SMILES string of the molecule is C=CCn1c(SCC(=O)NC(C)c2ccccc2)nnc1-c1ccccc1. The summed E-state index contributed by atoms with van der Waals surface area (Å²) in [4.78, 5) is 12.3. The summed E-state index contributed by atoms with van der Waals surface area (Å²) in [5.74, 6) is 1.02. The second kappa shape index (κ2) is 9.19. The maximum absolute atomic E-state index is 12.3. The quantitative estimate of drug-likeness (QED) is 0.474. The molecule has 0 fully saturated rings. The molecule has 1 N–H and O–H groups in total. The first kappa shape index (κ1) is 18.9. The first-order valence-electron chi connectivity index (χ1n) is 8.75. The number of nitrogens with one attached hydrogen (secondary N) is 1. The van der Waals surface area contributed by atoms with Crippen LogP contribution < -0.4 is 5.32 Å². The Morgan fingerprint density at radius 2 is 1.81 bits per heavy atom. The van der Waals surface area contributed by atoms with Crippen molar-refractivity contribution in [1.82, 2.24) is 20.1 Å². The number of benzene rings is 2. The molecule has 0 aliphatic carbocycles. The predicted octanol–water partition coefficient (Wildman–Crippen LogP) is 4.10. The third-order valence-electron chi connectivity index (χ3n) is 4.07. The summed E-state index contributed by atoms with van der Waals surface area (Å²) in [6.45, 7) is 6.38. The molecule has 27 heavy (non-hydrogen) atoms. The standard InChI is InChI=1S/C21H22N4OS/c1-3-14-25-20(18-12-8-5-9-13-18)23-24-21(25)27-15-19(26)22-16(2)17-10-6-4-7-11-17/h3-13,16H,1,14-15H2,2H3,(H,22,26). The molecule has 0 bridgehead atoms. The van der Waals surface area contributed by atoms with Gasteiger partial charge in [-0.2, -0.15) is 0 Å². The average molecular weight is 379 g/mol. The van der Waals surface area contributed by atoms with Crippen LogP contribution in [0.25, 0.3) is 11.4 Å². The summed E-state index contributed by atoms with van der Waals surface area (Å²) < 4.78 is 1.97. The summed E-state index contributed by atoms with van der Waals surface area (Å²) in [5, 5.41) is 12.3. The van der Waals surface area contributed by atoms with Crippen LogP contribution in [0.4, 0.5) is 0 Å². The van der Waals surface area contributed by atoms with Crippen LogP contribution in [0.2, 0.25) is 0 Å². The minimum Gasteiger partial charge on any atom is -0.349 e. The fraction of sp³-hybridized carbons (Fsp3) is 0.190. The predicted molar refractivity (Wildman–Crippen MR) is 109 cm³/mol. The molecule has 3 aromatic rings. The topological polar surface area (TPSA) is 59.8 Å². The van der Waals surface area contributed by atoms with Gasteiger partial charge in [-0.1, -0.05) is 78.5 Å². The van der Waals surface area contributed by atoms with Gasteiger partial charge in [-0.3, -0.25) is 9.36 Å². The van der Waals surface area contributed by atoms with Crippen molar-refractivity contribution in [1.29, 1.82) is 0 Å². The smallest absolute Gasteiger partial charge is 0.230 e. The number of carbonyl (C=O) groups excluding carboxylic acids is 1. The molecule has 1 heterocycles. The minimum atomic E-state index is -0.0368. The van der Waals surface area contributed by atoms with Crippen LogP contribution in [-0.2, 0) is 11.3 Å².